The van der Waals surface area contributed by atoms with Crippen molar-refractivity contribution in [3.05, 3.63) is 36.5 Å². The Labute approximate surface area is 214 Å². The van der Waals surface area contributed by atoms with Crippen molar-refractivity contribution in [1.82, 2.24) is 25.1 Å². The minimum atomic E-state index is -0.482. The summed E-state index contributed by atoms with van der Waals surface area (Å²) in [6, 6.07) is 10.4. The first-order chi connectivity index (χ1) is 17.3. The molecule has 1 aliphatic carbocycles. The standard InChI is InChI=1S/C28H40N6O2/c1-5-6-10-17-29-26-30-18-23-24(21-11-8-7-9-12-21)33-34(25(23)32-26)19-20-13-15-22(16-14-20)31-27(35)36-28(2,3)4/h7-9,11-12,18,20,22H,5-6,10,13-17,19H2,1-4H3,(H,31,35)(H,29,30,32). The summed E-state index contributed by atoms with van der Waals surface area (Å²) in [6.07, 6.45) is 8.98. The van der Waals surface area contributed by atoms with Gasteiger partial charge in [-0.3, -0.25) is 0 Å². The number of rotatable bonds is 9. The van der Waals surface area contributed by atoms with Crippen molar-refractivity contribution in [2.24, 2.45) is 5.92 Å². The first-order valence-electron chi connectivity index (χ1n) is 13.3. The lowest BCUT2D eigenvalue weighted by Crippen LogP contribution is -2.41. The number of nitrogens with one attached hydrogen (secondary N) is 2. The van der Waals surface area contributed by atoms with Crippen LogP contribution in [0.2, 0.25) is 0 Å². The van der Waals surface area contributed by atoms with Gasteiger partial charge in [0.1, 0.15) is 11.3 Å². The number of unbranched alkanes of at least 4 members (excludes halogenated alkanes) is 2. The van der Waals surface area contributed by atoms with E-state index < -0.39 is 5.60 Å². The molecule has 1 saturated carbocycles. The highest BCUT2D eigenvalue weighted by atomic mass is 16.6. The molecule has 2 aromatic heterocycles. The number of nitrogens with zero attached hydrogens (tertiary/aromatic N) is 4. The summed E-state index contributed by atoms with van der Waals surface area (Å²) < 4.78 is 7.48. The van der Waals surface area contributed by atoms with Crippen molar-refractivity contribution in [3.63, 3.8) is 0 Å². The van der Waals surface area contributed by atoms with Gasteiger partial charge in [0.15, 0.2) is 5.65 Å². The molecule has 1 fully saturated rings. The number of aromatic nitrogens is 4. The normalized spacial score (nSPS) is 18.2. The first kappa shape index (κ1) is 25.9. The Kier molecular flexibility index (Phi) is 8.44. The Morgan fingerprint density at radius 3 is 2.56 bits per heavy atom. The number of benzene rings is 1. The smallest absolute Gasteiger partial charge is 0.407 e. The maximum Gasteiger partial charge on any atom is 0.407 e. The van der Waals surface area contributed by atoms with Gasteiger partial charge in [-0.1, -0.05) is 50.1 Å². The van der Waals surface area contributed by atoms with E-state index in [-0.39, 0.29) is 12.1 Å². The van der Waals surface area contributed by atoms with Gasteiger partial charge in [0.2, 0.25) is 5.95 Å². The van der Waals surface area contributed by atoms with E-state index in [1.54, 1.807) is 0 Å². The van der Waals surface area contributed by atoms with Crippen LogP contribution in [0.3, 0.4) is 0 Å². The van der Waals surface area contributed by atoms with Crippen molar-refractivity contribution < 1.29 is 9.53 Å². The number of anilines is 1. The Bertz CT molecular complexity index is 1130. The topological polar surface area (TPSA) is 94.0 Å². The van der Waals surface area contributed by atoms with E-state index in [9.17, 15) is 4.79 Å². The van der Waals surface area contributed by atoms with Crippen molar-refractivity contribution in [2.45, 2.75) is 90.8 Å². The van der Waals surface area contributed by atoms with E-state index in [1.807, 2.05) is 45.2 Å². The summed E-state index contributed by atoms with van der Waals surface area (Å²) in [5.41, 5.74) is 2.38. The summed E-state index contributed by atoms with van der Waals surface area (Å²) in [7, 11) is 0. The third-order valence-electron chi connectivity index (χ3n) is 6.60. The van der Waals surface area contributed by atoms with Crippen molar-refractivity contribution >= 4 is 23.1 Å². The van der Waals surface area contributed by atoms with Gasteiger partial charge in [-0.25, -0.2) is 14.5 Å². The van der Waals surface area contributed by atoms with Crippen LogP contribution in [-0.4, -0.2) is 44.0 Å². The third kappa shape index (κ3) is 6.95. The maximum atomic E-state index is 12.2. The predicted molar refractivity (Wildman–Crippen MR) is 144 cm³/mol. The lowest BCUT2D eigenvalue weighted by Gasteiger charge is -2.30. The number of carbonyl (C=O) groups is 1. The van der Waals surface area contributed by atoms with Crippen LogP contribution < -0.4 is 10.6 Å². The molecule has 0 unspecified atom stereocenters. The van der Waals surface area contributed by atoms with Crippen molar-refractivity contribution in [3.8, 4) is 11.3 Å². The fourth-order valence-electron chi connectivity index (χ4n) is 4.76. The van der Waals surface area contributed by atoms with Gasteiger partial charge < -0.3 is 15.4 Å². The first-order valence-corrected chi connectivity index (χ1v) is 13.3. The molecular formula is C28H40N6O2. The molecule has 0 bridgehead atoms. The van der Waals surface area contributed by atoms with Gasteiger partial charge >= 0.3 is 6.09 Å². The Hall–Kier alpha value is -3.16. The molecule has 2 N–H and O–H groups in total. The molecule has 8 nitrogen and oxygen atoms in total. The molecule has 8 heteroatoms. The number of carbonyl (C=O) groups excluding carboxylic acids is 1. The lowest BCUT2D eigenvalue weighted by atomic mass is 9.86. The SMILES string of the molecule is CCCCCNc1ncc2c(-c3ccccc3)nn(CC3CCC(NC(=O)OC(C)(C)C)CC3)c2n1. The van der Waals surface area contributed by atoms with E-state index in [0.717, 1.165) is 67.5 Å². The second-order valence-electron chi connectivity index (χ2n) is 10.8. The van der Waals surface area contributed by atoms with Crippen LogP contribution in [0.5, 0.6) is 0 Å². The van der Waals surface area contributed by atoms with Crippen molar-refractivity contribution in [2.75, 3.05) is 11.9 Å². The Balaban J connectivity index is 1.47. The maximum absolute atomic E-state index is 12.2. The monoisotopic (exact) mass is 492 g/mol. The number of amides is 1. The number of hydrogen-bond donors (Lipinski definition) is 2. The molecule has 3 aromatic rings. The van der Waals surface area contributed by atoms with E-state index in [0.29, 0.717) is 11.9 Å². The van der Waals surface area contributed by atoms with Crippen LogP contribution >= 0.6 is 0 Å². The zero-order chi connectivity index (χ0) is 25.5. The second-order valence-corrected chi connectivity index (χ2v) is 10.8. The number of fused-ring (bicyclic) bond motifs is 1. The van der Waals surface area contributed by atoms with Gasteiger partial charge in [-0.05, 0) is 58.8 Å². The Morgan fingerprint density at radius 1 is 1.11 bits per heavy atom. The molecule has 0 saturated heterocycles. The molecule has 36 heavy (non-hydrogen) atoms. The average molecular weight is 493 g/mol. The molecule has 2 heterocycles. The molecule has 0 atom stereocenters. The van der Waals surface area contributed by atoms with Crippen LogP contribution in [0.25, 0.3) is 22.3 Å². The molecule has 0 radical (unpaired) electrons. The highest BCUT2D eigenvalue weighted by Gasteiger charge is 2.26. The average Bonchev–Trinajstić information content (AvgIpc) is 3.20. The number of hydrogen-bond acceptors (Lipinski definition) is 6. The van der Waals surface area contributed by atoms with E-state index in [4.69, 9.17) is 14.8 Å². The second kappa shape index (κ2) is 11.7. The van der Waals surface area contributed by atoms with E-state index >= 15 is 0 Å². The quantitative estimate of drug-likeness (QED) is 0.347. The molecule has 4 rings (SSSR count). The van der Waals surface area contributed by atoms with E-state index in [2.05, 4.69) is 39.4 Å². The molecular weight excluding hydrogens is 452 g/mol. The zero-order valence-corrected chi connectivity index (χ0v) is 22.1. The highest BCUT2D eigenvalue weighted by Crippen LogP contribution is 2.31. The number of ether oxygens (including phenoxy) is 1. The van der Waals surface area contributed by atoms with Crippen LogP contribution in [0.15, 0.2) is 36.5 Å². The summed E-state index contributed by atoms with van der Waals surface area (Å²) in [4.78, 5) is 21.6. The Morgan fingerprint density at radius 2 is 1.86 bits per heavy atom. The molecule has 1 amide bonds. The van der Waals surface area contributed by atoms with Gasteiger partial charge in [-0.2, -0.15) is 10.1 Å². The zero-order valence-electron chi connectivity index (χ0n) is 22.1. The summed E-state index contributed by atoms with van der Waals surface area (Å²) in [5.74, 6) is 1.13. The summed E-state index contributed by atoms with van der Waals surface area (Å²) in [5, 5.41) is 12.4. The minimum Gasteiger partial charge on any atom is -0.444 e. The summed E-state index contributed by atoms with van der Waals surface area (Å²) in [6.45, 7) is 9.53. The molecule has 0 aliphatic heterocycles. The number of alkyl carbamates (subject to hydrolysis) is 1. The largest absolute Gasteiger partial charge is 0.444 e. The van der Waals surface area contributed by atoms with Gasteiger partial charge in [-0.15, -0.1) is 0 Å². The van der Waals surface area contributed by atoms with Crippen LogP contribution in [-0.2, 0) is 11.3 Å². The van der Waals surface area contributed by atoms with Crippen LogP contribution in [0.1, 0.15) is 72.6 Å². The van der Waals surface area contributed by atoms with Crippen LogP contribution in [0, 0.1) is 5.92 Å². The van der Waals surface area contributed by atoms with E-state index in [1.165, 1.54) is 12.8 Å². The highest BCUT2D eigenvalue weighted by molar-refractivity contribution is 5.91. The van der Waals surface area contributed by atoms with Gasteiger partial charge in [0.05, 0.1) is 5.39 Å². The van der Waals surface area contributed by atoms with Gasteiger partial charge in [0, 0.05) is 30.9 Å². The van der Waals surface area contributed by atoms with Crippen molar-refractivity contribution in [1.29, 1.82) is 0 Å². The minimum absolute atomic E-state index is 0.159. The predicted octanol–water partition coefficient (Wildman–Crippen LogP) is 6.18. The fraction of sp³-hybridized carbons (Fsp3) is 0.571. The van der Waals surface area contributed by atoms with Crippen LogP contribution in [0.4, 0.5) is 10.7 Å². The third-order valence-corrected chi connectivity index (χ3v) is 6.60. The lowest BCUT2D eigenvalue weighted by molar-refractivity contribution is 0.0486. The summed E-state index contributed by atoms with van der Waals surface area (Å²) >= 11 is 0. The fourth-order valence-corrected chi connectivity index (χ4v) is 4.76. The molecule has 1 aliphatic rings. The molecule has 194 valence electrons. The molecule has 0 spiro atoms. The van der Waals surface area contributed by atoms with Gasteiger partial charge in [0.25, 0.3) is 0 Å². The molecule has 1 aromatic carbocycles.